The number of rotatable bonds is 5. The van der Waals surface area contributed by atoms with E-state index in [4.69, 9.17) is 4.74 Å². The molecule has 0 aliphatic carbocycles. The second-order valence-corrected chi connectivity index (χ2v) is 8.91. The van der Waals surface area contributed by atoms with Gasteiger partial charge in [0.2, 0.25) is 10.0 Å². The second kappa shape index (κ2) is 6.75. The Bertz CT molecular complexity index is 882. The van der Waals surface area contributed by atoms with Gasteiger partial charge in [-0.1, -0.05) is 13.8 Å². The first kappa shape index (κ1) is 17.6. The molecule has 2 aliphatic heterocycles. The van der Waals surface area contributed by atoms with Crippen molar-refractivity contribution in [2.24, 2.45) is 0 Å². The van der Waals surface area contributed by atoms with Gasteiger partial charge in [0.05, 0.1) is 24.9 Å². The van der Waals surface area contributed by atoms with Gasteiger partial charge < -0.3 is 4.74 Å². The maximum Gasteiger partial charge on any atom is 0.244 e. The number of aromatic nitrogens is 5. The van der Waals surface area contributed by atoms with E-state index >= 15 is 0 Å². The van der Waals surface area contributed by atoms with Crippen molar-refractivity contribution in [3.05, 3.63) is 24.0 Å². The van der Waals surface area contributed by atoms with E-state index < -0.39 is 10.0 Å². The lowest BCUT2D eigenvalue weighted by molar-refractivity contribution is 0.184. The molecule has 0 aromatic carbocycles. The van der Waals surface area contributed by atoms with Gasteiger partial charge in [-0.05, 0) is 19.3 Å². The molecule has 2 aromatic rings. The summed E-state index contributed by atoms with van der Waals surface area (Å²) in [6.45, 7) is 6.08. The van der Waals surface area contributed by atoms with Crippen molar-refractivity contribution in [3.8, 4) is 0 Å². The van der Waals surface area contributed by atoms with Crippen molar-refractivity contribution >= 4 is 10.0 Å². The molecular formula is C16H24N6O3S. The van der Waals surface area contributed by atoms with Crippen LogP contribution in [0.2, 0.25) is 0 Å². The summed E-state index contributed by atoms with van der Waals surface area (Å²) < 4.78 is 37.3. The Hall–Kier alpha value is -1.78. The first-order chi connectivity index (χ1) is 12.4. The fourth-order valence-electron chi connectivity index (χ4n) is 3.37. The van der Waals surface area contributed by atoms with Gasteiger partial charge in [0, 0.05) is 25.3 Å². The number of fused-ring (bicyclic) bond motifs is 1. The normalized spacial score (nSPS) is 23.5. The summed E-state index contributed by atoms with van der Waals surface area (Å²) in [6.07, 6.45) is 5.39. The Morgan fingerprint density at radius 2 is 2.19 bits per heavy atom. The van der Waals surface area contributed by atoms with Crippen LogP contribution in [0.25, 0.3) is 0 Å². The molecule has 0 spiro atoms. The average Bonchev–Trinajstić information content (AvgIpc) is 3.33. The summed E-state index contributed by atoms with van der Waals surface area (Å²) in [6, 6.07) is -0.266. The summed E-state index contributed by atoms with van der Waals surface area (Å²) in [5.41, 5.74) is 0. The van der Waals surface area contributed by atoms with Gasteiger partial charge in [0.1, 0.15) is 10.7 Å². The van der Waals surface area contributed by atoms with Crippen LogP contribution < -0.4 is 4.72 Å². The minimum absolute atomic E-state index is 0.102. The number of ether oxygens (including phenoxy) is 1. The predicted octanol–water partition coefficient (Wildman–Crippen LogP) is 1.37. The molecule has 26 heavy (non-hydrogen) atoms. The highest BCUT2D eigenvalue weighted by molar-refractivity contribution is 7.89. The Labute approximate surface area is 152 Å². The largest absolute Gasteiger partial charge is 0.379 e. The highest BCUT2D eigenvalue weighted by Crippen LogP contribution is 2.27. The molecular weight excluding hydrogens is 356 g/mol. The Kier molecular flexibility index (Phi) is 4.57. The average molecular weight is 380 g/mol. The number of sulfonamides is 1. The molecule has 142 valence electrons. The third-order valence-corrected chi connectivity index (χ3v) is 6.30. The number of nitrogens with one attached hydrogen (secondary N) is 1. The number of hydrogen-bond donors (Lipinski definition) is 1. The Morgan fingerprint density at radius 1 is 1.35 bits per heavy atom. The number of hydrogen-bond acceptors (Lipinski definition) is 6. The molecule has 4 heterocycles. The molecule has 0 bridgehead atoms. The molecule has 0 amide bonds. The van der Waals surface area contributed by atoms with Crippen LogP contribution in [0.5, 0.6) is 0 Å². The minimum atomic E-state index is -3.68. The smallest absolute Gasteiger partial charge is 0.244 e. The lowest BCUT2D eigenvalue weighted by Gasteiger charge is -2.22. The van der Waals surface area contributed by atoms with Gasteiger partial charge in [-0.15, -0.1) is 0 Å². The molecule has 0 radical (unpaired) electrons. The second-order valence-electron chi connectivity index (χ2n) is 7.20. The molecule has 9 nitrogen and oxygen atoms in total. The zero-order chi connectivity index (χ0) is 18.3. The molecule has 10 heteroatoms. The van der Waals surface area contributed by atoms with E-state index in [1.54, 1.807) is 10.9 Å². The molecule has 1 fully saturated rings. The third kappa shape index (κ3) is 3.28. The van der Waals surface area contributed by atoms with Gasteiger partial charge in [0.25, 0.3) is 0 Å². The van der Waals surface area contributed by atoms with E-state index in [-0.39, 0.29) is 22.9 Å². The SMILES string of the molecule is CC(C)c1nc2n(n1)CCC[C@@H]2NS(=O)(=O)c1cnn([C@H]2CCOC2)c1. The Balaban J connectivity index is 1.55. The Morgan fingerprint density at radius 3 is 2.92 bits per heavy atom. The molecule has 4 rings (SSSR count). The lowest BCUT2D eigenvalue weighted by atomic mass is 10.1. The number of nitrogens with zero attached hydrogens (tertiary/aromatic N) is 5. The maximum atomic E-state index is 12.8. The summed E-state index contributed by atoms with van der Waals surface area (Å²) in [7, 11) is -3.68. The first-order valence-corrected chi connectivity index (χ1v) is 10.5. The molecule has 1 saturated heterocycles. The molecule has 2 atom stereocenters. The van der Waals surface area contributed by atoms with Crippen molar-refractivity contribution in [1.82, 2.24) is 29.3 Å². The standard InChI is InChI=1S/C16H24N6O3S/c1-11(2)15-18-16-14(4-3-6-21(16)19-15)20-26(23,24)13-8-17-22(9-13)12-5-7-25-10-12/h8-9,11-12,14,20H,3-7,10H2,1-2H3/t12-,14-/m0/s1. The van der Waals surface area contributed by atoms with Crippen LogP contribution in [0, 0.1) is 0 Å². The zero-order valence-corrected chi connectivity index (χ0v) is 15.8. The molecule has 1 N–H and O–H groups in total. The molecule has 0 saturated carbocycles. The monoisotopic (exact) mass is 380 g/mol. The van der Waals surface area contributed by atoms with Crippen LogP contribution in [0.3, 0.4) is 0 Å². The van der Waals surface area contributed by atoms with Gasteiger partial charge >= 0.3 is 0 Å². The van der Waals surface area contributed by atoms with Crippen molar-refractivity contribution in [1.29, 1.82) is 0 Å². The first-order valence-electron chi connectivity index (χ1n) is 9.03. The highest BCUT2D eigenvalue weighted by atomic mass is 32.2. The van der Waals surface area contributed by atoms with Crippen LogP contribution in [0.4, 0.5) is 0 Å². The fourth-order valence-corrected chi connectivity index (χ4v) is 4.54. The molecule has 2 aromatic heterocycles. The lowest BCUT2D eigenvalue weighted by Crippen LogP contribution is -2.33. The van der Waals surface area contributed by atoms with E-state index in [9.17, 15) is 8.42 Å². The summed E-state index contributed by atoms with van der Waals surface area (Å²) in [4.78, 5) is 4.74. The van der Waals surface area contributed by atoms with Crippen LogP contribution in [0.15, 0.2) is 17.3 Å². The van der Waals surface area contributed by atoms with Crippen LogP contribution in [-0.4, -0.2) is 46.2 Å². The van der Waals surface area contributed by atoms with Crippen LogP contribution >= 0.6 is 0 Å². The van der Waals surface area contributed by atoms with E-state index in [2.05, 4.69) is 19.9 Å². The van der Waals surface area contributed by atoms with Gasteiger partial charge in [-0.25, -0.2) is 22.8 Å². The predicted molar refractivity (Wildman–Crippen MR) is 93.1 cm³/mol. The highest BCUT2D eigenvalue weighted by Gasteiger charge is 2.30. The van der Waals surface area contributed by atoms with Gasteiger partial charge in [-0.2, -0.15) is 10.2 Å². The summed E-state index contributed by atoms with van der Waals surface area (Å²) in [5.74, 6) is 1.65. The molecule has 0 unspecified atom stereocenters. The zero-order valence-electron chi connectivity index (χ0n) is 15.0. The minimum Gasteiger partial charge on any atom is -0.379 e. The van der Waals surface area contributed by atoms with Crippen LogP contribution in [-0.2, 0) is 21.3 Å². The third-order valence-electron chi connectivity index (χ3n) is 4.87. The molecule has 2 aliphatic rings. The summed E-state index contributed by atoms with van der Waals surface area (Å²) in [5, 5.41) is 8.71. The van der Waals surface area contributed by atoms with Crippen molar-refractivity contribution in [2.75, 3.05) is 13.2 Å². The van der Waals surface area contributed by atoms with E-state index in [0.717, 1.165) is 25.2 Å². The van der Waals surface area contributed by atoms with Crippen molar-refractivity contribution < 1.29 is 13.2 Å². The van der Waals surface area contributed by atoms with E-state index in [1.807, 2.05) is 18.5 Å². The van der Waals surface area contributed by atoms with Gasteiger partial charge in [-0.3, -0.25) is 4.68 Å². The maximum absolute atomic E-state index is 12.8. The van der Waals surface area contributed by atoms with Gasteiger partial charge in [0.15, 0.2) is 5.82 Å². The quantitative estimate of drug-likeness (QED) is 0.840. The van der Waals surface area contributed by atoms with Crippen LogP contribution in [0.1, 0.15) is 62.8 Å². The fraction of sp³-hybridized carbons (Fsp3) is 0.688. The van der Waals surface area contributed by atoms with Crippen molar-refractivity contribution in [2.45, 2.75) is 62.6 Å². The topological polar surface area (TPSA) is 104 Å². The van der Waals surface area contributed by atoms with E-state index in [0.29, 0.717) is 25.5 Å². The van der Waals surface area contributed by atoms with Crippen molar-refractivity contribution in [3.63, 3.8) is 0 Å². The van der Waals surface area contributed by atoms with E-state index in [1.165, 1.54) is 6.20 Å². The number of aryl methyl sites for hydroxylation is 1. The summed E-state index contributed by atoms with van der Waals surface area (Å²) >= 11 is 0.